The summed E-state index contributed by atoms with van der Waals surface area (Å²) in [6, 6.07) is -9.77. The Balaban J connectivity index is 6.79. The number of primary amides is 1. The summed E-state index contributed by atoms with van der Waals surface area (Å²) in [6.45, 7) is 16.8. The maximum absolute atomic E-state index is 14.4. The molecule has 0 aliphatic heterocycles. The lowest BCUT2D eigenvalue weighted by Crippen LogP contribution is -2.60. The predicted molar refractivity (Wildman–Crippen MR) is 305 cm³/mol. The summed E-state index contributed by atoms with van der Waals surface area (Å²) in [6.07, 6.45) is 7.25. The van der Waals surface area contributed by atoms with Crippen LogP contribution in [0, 0.1) is 23.7 Å². The van der Waals surface area contributed by atoms with Crippen LogP contribution in [0.5, 0.6) is 0 Å². The number of nitrogens with two attached hydrogens (primary N) is 7. The zero-order valence-electron chi connectivity index (χ0n) is 48.7. The molecule has 452 valence electrons. The lowest BCUT2D eigenvalue weighted by molar-refractivity contribution is -0.136. The summed E-state index contributed by atoms with van der Waals surface area (Å²) in [4.78, 5) is 124. The Morgan fingerprint density at radius 2 is 0.474 bits per heavy atom. The summed E-state index contributed by atoms with van der Waals surface area (Å²) in [5.41, 5.74) is 40.4. The molecule has 0 saturated heterocycles. The van der Waals surface area contributed by atoms with E-state index in [9.17, 15) is 43.2 Å². The van der Waals surface area contributed by atoms with Crippen molar-refractivity contribution in [2.75, 3.05) is 32.7 Å². The summed E-state index contributed by atoms with van der Waals surface area (Å²) in [5, 5.41) is 22.3. The largest absolute Gasteiger partial charge is 0.368 e. The maximum Gasteiger partial charge on any atom is 0.243 e. The Kier molecular flexibility index (Phi) is 39.3. The molecule has 0 aliphatic rings. The number of nitrogens with one attached hydrogen (secondary N) is 8. The first-order valence-electron chi connectivity index (χ1n) is 28.8. The Labute approximate surface area is 465 Å². The second-order valence-electron chi connectivity index (χ2n) is 22.4. The number of rotatable bonds is 45. The van der Waals surface area contributed by atoms with Gasteiger partial charge in [0.1, 0.15) is 48.3 Å². The van der Waals surface area contributed by atoms with Gasteiger partial charge in [-0.15, -0.1) is 0 Å². The van der Waals surface area contributed by atoms with Crippen LogP contribution in [0.1, 0.15) is 177 Å². The third-order valence-electron chi connectivity index (χ3n) is 13.0. The predicted octanol–water partition coefficient (Wildman–Crippen LogP) is -0.493. The first kappa shape index (κ1) is 73.0. The lowest BCUT2D eigenvalue weighted by atomic mass is 9.99. The van der Waals surface area contributed by atoms with Crippen LogP contribution in [0.4, 0.5) is 0 Å². The van der Waals surface area contributed by atoms with Crippen LogP contribution in [-0.4, -0.2) is 140 Å². The number of carbonyl (C=O) groups is 9. The Hall–Kier alpha value is -5.01. The third kappa shape index (κ3) is 32.2. The number of amides is 9. The molecule has 0 bridgehead atoms. The van der Waals surface area contributed by atoms with Crippen molar-refractivity contribution in [1.82, 2.24) is 42.5 Å². The molecule has 0 aromatic carbocycles. The van der Waals surface area contributed by atoms with Crippen LogP contribution in [-0.2, 0) is 43.2 Å². The molecule has 0 rings (SSSR count). The van der Waals surface area contributed by atoms with Gasteiger partial charge in [0.25, 0.3) is 0 Å². The van der Waals surface area contributed by atoms with Crippen LogP contribution in [0.3, 0.4) is 0 Å². The quantitative estimate of drug-likeness (QED) is 0.0342. The monoisotopic (exact) mass is 1110 g/mol. The molecule has 0 fully saturated rings. The van der Waals surface area contributed by atoms with Crippen molar-refractivity contribution < 1.29 is 43.2 Å². The van der Waals surface area contributed by atoms with Crippen molar-refractivity contribution in [1.29, 1.82) is 0 Å². The van der Waals surface area contributed by atoms with Gasteiger partial charge in [-0.2, -0.15) is 0 Å². The molecule has 0 radical (unpaired) electrons. The number of hydrogen-bond acceptors (Lipinski definition) is 15. The fourth-order valence-electron chi connectivity index (χ4n) is 8.70. The Morgan fingerprint density at radius 1 is 0.282 bits per heavy atom. The van der Waals surface area contributed by atoms with Gasteiger partial charge in [0.2, 0.25) is 53.2 Å². The van der Waals surface area contributed by atoms with E-state index in [4.69, 9.17) is 40.1 Å². The summed E-state index contributed by atoms with van der Waals surface area (Å²) < 4.78 is 0. The first-order chi connectivity index (χ1) is 36.8. The lowest BCUT2D eigenvalue weighted by Gasteiger charge is -2.29. The topological polar surface area (TPSA) is 432 Å². The smallest absolute Gasteiger partial charge is 0.243 e. The van der Waals surface area contributed by atoms with Gasteiger partial charge < -0.3 is 82.7 Å². The van der Waals surface area contributed by atoms with E-state index in [1.54, 1.807) is 0 Å². The van der Waals surface area contributed by atoms with Gasteiger partial charge in [-0.1, -0.05) is 61.8 Å². The Morgan fingerprint density at radius 3 is 0.705 bits per heavy atom. The van der Waals surface area contributed by atoms with E-state index in [1.807, 2.05) is 55.4 Å². The molecule has 0 heterocycles. The zero-order chi connectivity index (χ0) is 59.3. The van der Waals surface area contributed by atoms with Crippen molar-refractivity contribution in [3.8, 4) is 0 Å². The zero-order valence-corrected chi connectivity index (χ0v) is 48.7. The molecular formula is C54H107N15O9. The van der Waals surface area contributed by atoms with Gasteiger partial charge in [0.05, 0.1) is 6.04 Å². The minimum absolute atomic E-state index is 0.0187. The highest BCUT2D eigenvalue weighted by Gasteiger charge is 2.35. The van der Waals surface area contributed by atoms with Crippen molar-refractivity contribution in [3.63, 3.8) is 0 Å². The second-order valence-corrected chi connectivity index (χ2v) is 22.4. The van der Waals surface area contributed by atoms with E-state index in [0.29, 0.717) is 103 Å². The maximum atomic E-state index is 14.4. The van der Waals surface area contributed by atoms with Gasteiger partial charge in [-0.3, -0.25) is 43.2 Å². The fourth-order valence-corrected chi connectivity index (χ4v) is 8.70. The molecule has 24 nitrogen and oxygen atoms in total. The molecule has 0 aromatic rings. The van der Waals surface area contributed by atoms with Gasteiger partial charge >= 0.3 is 0 Å². The summed E-state index contributed by atoms with van der Waals surface area (Å²) in [7, 11) is 0. The molecular weight excluding hydrogens is 1000 g/mol. The van der Waals surface area contributed by atoms with Gasteiger partial charge in [0.15, 0.2) is 0 Å². The number of hydrogen-bond donors (Lipinski definition) is 15. The third-order valence-corrected chi connectivity index (χ3v) is 13.0. The molecule has 0 unspecified atom stereocenters. The highest BCUT2D eigenvalue weighted by molar-refractivity contribution is 5.98. The van der Waals surface area contributed by atoms with Gasteiger partial charge in [0, 0.05) is 0 Å². The highest BCUT2D eigenvalue weighted by atomic mass is 16.2. The Bertz CT molecular complexity index is 1790. The van der Waals surface area contributed by atoms with E-state index in [1.165, 1.54) is 0 Å². The number of carbonyl (C=O) groups excluding carboxylic acids is 9. The van der Waals surface area contributed by atoms with Crippen LogP contribution in [0.25, 0.3) is 0 Å². The molecule has 9 atom stereocenters. The van der Waals surface area contributed by atoms with Crippen LogP contribution in [0.15, 0.2) is 0 Å². The number of unbranched alkanes of at least 4 members (excludes halogenated alkanes) is 5. The molecule has 9 amide bonds. The molecule has 0 saturated carbocycles. The van der Waals surface area contributed by atoms with E-state index >= 15 is 0 Å². The molecule has 0 spiro atoms. The van der Waals surface area contributed by atoms with E-state index in [-0.39, 0.29) is 75.0 Å². The van der Waals surface area contributed by atoms with E-state index in [2.05, 4.69) is 42.5 Å². The average Bonchev–Trinajstić information content (AvgIpc) is 3.35. The van der Waals surface area contributed by atoms with E-state index in [0.717, 1.165) is 0 Å². The fraction of sp³-hybridized carbons (Fsp3) is 0.833. The molecule has 78 heavy (non-hydrogen) atoms. The van der Waals surface area contributed by atoms with Crippen molar-refractivity contribution >= 4 is 53.2 Å². The molecule has 0 aliphatic carbocycles. The van der Waals surface area contributed by atoms with Gasteiger partial charge in [-0.25, -0.2) is 0 Å². The molecule has 24 heteroatoms. The van der Waals surface area contributed by atoms with Crippen molar-refractivity contribution in [2.24, 2.45) is 63.8 Å². The highest BCUT2D eigenvalue weighted by Crippen LogP contribution is 2.15. The standard InChI is InChI=1S/C54H107N15O9/c1-33(2)29-42(66-47(71)37(60)19-9-14-24-55)52(76)63-39(21-11-16-26-57)49(73)68-44(31-35(5)6)54(78)65-41(23-13-18-28-59)50(74)69-45(32-36(7)8)53(77)64-40(22-12-17-27-58)48(72)67-43(30-34(3)4)51(75)62-38(46(61)70)20-10-15-25-56/h33-45H,9-32,55-60H2,1-8H3,(H2,61,70)(H,62,75)(H,63,76)(H,64,77)(H,65,78)(H,66,71)(H,67,72)(H,68,73)(H,69,74)/t37-,38-,39-,40-,41-,42-,43-,44-,45-/m0/s1. The van der Waals surface area contributed by atoms with Gasteiger partial charge in [-0.05, 0) is 172 Å². The second kappa shape index (κ2) is 42.0. The van der Waals surface area contributed by atoms with Crippen molar-refractivity contribution in [3.05, 3.63) is 0 Å². The van der Waals surface area contributed by atoms with Crippen LogP contribution < -0.4 is 82.7 Å². The molecule has 0 aromatic heterocycles. The minimum Gasteiger partial charge on any atom is -0.368 e. The minimum atomic E-state index is -1.20. The summed E-state index contributed by atoms with van der Waals surface area (Å²) in [5.74, 6) is -6.12. The van der Waals surface area contributed by atoms with Crippen LogP contribution in [0.2, 0.25) is 0 Å². The van der Waals surface area contributed by atoms with Crippen molar-refractivity contribution in [2.45, 2.75) is 232 Å². The first-order valence-corrected chi connectivity index (χ1v) is 28.8. The average molecular weight is 1110 g/mol. The van der Waals surface area contributed by atoms with E-state index < -0.39 is 108 Å². The normalized spacial score (nSPS) is 15.0. The summed E-state index contributed by atoms with van der Waals surface area (Å²) >= 11 is 0. The SMILES string of the molecule is CC(C)C[C@H](NC(=O)[C@H](CCCCN)NC(=O)[C@H](CC(C)C)NC(=O)[C@H](CCCCN)NC(=O)[C@H](CC(C)C)NC(=O)[C@H](CCCCN)NC(=O)[C@H](CC(C)C)NC(=O)[C@@H](N)CCCCN)C(=O)N[C@@H](CCCCN)C(N)=O. The van der Waals surface area contributed by atoms with Crippen LogP contribution >= 0.6 is 0 Å². The molecule has 22 N–H and O–H groups in total.